The molecule has 0 radical (unpaired) electrons. The Hall–Kier alpha value is -3.44. The minimum Gasteiger partial charge on any atom is -0.477 e. The number of rotatable bonds is 5. The number of carbonyl (C=O) groups is 1. The number of hydrogen-bond donors (Lipinski definition) is 1. The lowest BCUT2D eigenvalue weighted by atomic mass is 10.1. The maximum Gasteiger partial charge on any atom is 0.347 e. The first-order valence-electron chi connectivity index (χ1n) is 8.61. The van der Waals surface area contributed by atoms with Gasteiger partial charge in [-0.25, -0.2) is 14.8 Å². The van der Waals surface area contributed by atoms with Crippen LogP contribution in [-0.2, 0) is 13.0 Å². The van der Waals surface area contributed by atoms with Crippen molar-refractivity contribution in [1.29, 1.82) is 5.26 Å². The summed E-state index contributed by atoms with van der Waals surface area (Å²) in [6, 6.07) is 7.99. The molecule has 0 fully saturated rings. The van der Waals surface area contributed by atoms with E-state index < -0.39 is 5.97 Å². The molecular formula is C20H16N4O3S. The van der Waals surface area contributed by atoms with Crippen LogP contribution in [0.25, 0.3) is 21.5 Å². The second-order valence-electron chi connectivity index (χ2n) is 6.43. The number of oxazole rings is 1. The predicted octanol–water partition coefficient (Wildman–Crippen LogP) is 4.18. The van der Waals surface area contributed by atoms with E-state index in [0.29, 0.717) is 35.1 Å². The summed E-state index contributed by atoms with van der Waals surface area (Å²) >= 11 is 1.14. The molecule has 1 N–H and O–H groups in total. The van der Waals surface area contributed by atoms with E-state index in [-0.39, 0.29) is 4.88 Å². The van der Waals surface area contributed by atoms with Crippen LogP contribution in [0.5, 0.6) is 0 Å². The molecular weight excluding hydrogens is 376 g/mol. The van der Waals surface area contributed by atoms with Crippen LogP contribution in [0.15, 0.2) is 35.1 Å². The third kappa shape index (κ3) is 3.17. The number of thiazole rings is 1. The molecule has 0 saturated carbocycles. The Labute approximate surface area is 164 Å². The fourth-order valence-corrected chi connectivity index (χ4v) is 4.08. The van der Waals surface area contributed by atoms with Gasteiger partial charge in [-0.2, -0.15) is 5.26 Å². The van der Waals surface area contributed by atoms with Crippen LogP contribution in [0, 0.1) is 25.2 Å². The van der Waals surface area contributed by atoms with Gasteiger partial charge in [-0.15, -0.1) is 11.3 Å². The average molecular weight is 392 g/mol. The highest BCUT2D eigenvalue weighted by atomic mass is 32.1. The Bertz CT molecular complexity index is 1240. The van der Waals surface area contributed by atoms with Crippen LogP contribution in [0.1, 0.15) is 32.5 Å². The van der Waals surface area contributed by atoms with Gasteiger partial charge in [0.15, 0.2) is 5.89 Å². The van der Waals surface area contributed by atoms with Gasteiger partial charge in [0.1, 0.15) is 22.2 Å². The largest absolute Gasteiger partial charge is 0.477 e. The van der Waals surface area contributed by atoms with Gasteiger partial charge in [-0.3, -0.25) is 0 Å². The zero-order valence-corrected chi connectivity index (χ0v) is 16.1. The number of aromatic carboxylic acids is 1. The van der Waals surface area contributed by atoms with Crippen molar-refractivity contribution < 1.29 is 14.3 Å². The van der Waals surface area contributed by atoms with Gasteiger partial charge in [-0.1, -0.05) is 0 Å². The number of fused-ring (bicyclic) bond motifs is 1. The monoisotopic (exact) mass is 392 g/mol. The summed E-state index contributed by atoms with van der Waals surface area (Å²) in [5, 5.41) is 20.2. The third-order valence-electron chi connectivity index (χ3n) is 4.51. The van der Waals surface area contributed by atoms with Crippen molar-refractivity contribution in [2.24, 2.45) is 0 Å². The highest BCUT2D eigenvalue weighted by Crippen LogP contribution is 2.32. The van der Waals surface area contributed by atoms with Crippen molar-refractivity contribution in [3.8, 4) is 16.6 Å². The Morgan fingerprint density at radius 3 is 2.82 bits per heavy atom. The summed E-state index contributed by atoms with van der Waals surface area (Å²) in [4.78, 5) is 20.2. The predicted molar refractivity (Wildman–Crippen MR) is 104 cm³/mol. The summed E-state index contributed by atoms with van der Waals surface area (Å²) < 4.78 is 7.26. The van der Waals surface area contributed by atoms with E-state index >= 15 is 0 Å². The number of aryl methyl sites for hydroxylation is 4. The van der Waals surface area contributed by atoms with Crippen LogP contribution in [0.3, 0.4) is 0 Å². The number of nitriles is 1. The summed E-state index contributed by atoms with van der Waals surface area (Å²) in [5.41, 5.74) is 3.67. The zero-order valence-electron chi connectivity index (χ0n) is 15.3. The van der Waals surface area contributed by atoms with Crippen LogP contribution in [0.4, 0.5) is 0 Å². The maximum absolute atomic E-state index is 11.3. The Kier molecular flexibility index (Phi) is 4.45. The van der Waals surface area contributed by atoms with Gasteiger partial charge in [0, 0.05) is 42.6 Å². The molecule has 0 aliphatic rings. The number of nitrogens with zero attached hydrogens (tertiary/aromatic N) is 4. The lowest BCUT2D eigenvalue weighted by Crippen LogP contribution is -2.00. The van der Waals surface area contributed by atoms with Crippen LogP contribution < -0.4 is 0 Å². The lowest BCUT2D eigenvalue weighted by Gasteiger charge is -2.04. The fourth-order valence-electron chi connectivity index (χ4n) is 3.18. The molecule has 0 atom stereocenters. The first kappa shape index (κ1) is 17.9. The number of hydrogen-bond acceptors (Lipinski definition) is 6. The average Bonchev–Trinajstić information content (AvgIpc) is 3.36. The molecule has 0 bridgehead atoms. The highest BCUT2D eigenvalue weighted by Gasteiger charge is 2.17. The molecule has 1 aromatic carbocycles. The minimum absolute atomic E-state index is 0.232. The fraction of sp³-hybridized carbons (Fsp3) is 0.200. The van der Waals surface area contributed by atoms with Crippen molar-refractivity contribution >= 4 is 28.2 Å². The number of carboxylic acid groups (broad SMARTS) is 1. The summed E-state index contributed by atoms with van der Waals surface area (Å²) in [7, 11) is 0. The van der Waals surface area contributed by atoms with E-state index in [1.165, 1.54) is 0 Å². The van der Waals surface area contributed by atoms with Gasteiger partial charge >= 0.3 is 5.97 Å². The molecule has 7 nitrogen and oxygen atoms in total. The van der Waals surface area contributed by atoms with Crippen LogP contribution in [-0.4, -0.2) is 25.6 Å². The van der Waals surface area contributed by atoms with E-state index in [9.17, 15) is 15.2 Å². The minimum atomic E-state index is -0.978. The van der Waals surface area contributed by atoms with Gasteiger partial charge in [0.05, 0.1) is 17.0 Å². The summed E-state index contributed by atoms with van der Waals surface area (Å²) in [6.45, 7) is 4.16. The molecule has 0 aliphatic heterocycles. The first-order chi connectivity index (χ1) is 13.5. The molecule has 0 amide bonds. The molecule has 28 heavy (non-hydrogen) atoms. The normalized spacial score (nSPS) is 11.0. The molecule has 4 rings (SSSR count). The van der Waals surface area contributed by atoms with Gasteiger partial charge in [-0.05, 0) is 25.1 Å². The molecule has 0 saturated heterocycles. The Balaban J connectivity index is 1.70. The van der Waals surface area contributed by atoms with Crippen molar-refractivity contribution in [2.45, 2.75) is 26.8 Å². The Morgan fingerprint density at radius 1 is 1.36 bits per heavy atom. The molecule has 3 aromatic heterocycles. The molecule has 0 aliphatic carbocycles. The molecule has 0 unspecified atom stereocenters. The second kappa shape index (κ2) is 6.94. The summed E-state index contributed by atoms with van der Waals surface area (Å²) in [6.07, 6.45) is 4.17. The topological polar surface area (TPSA) is 105 Å². The number of benzene rings is 1. The van der Waals surface area contributed by atoms with Crippen molar-refractivity contribution in [2.75, 3.05) is 0 Å². The van der Waals surface area contributed by atoms with E-state index in [1.807, 2.05) is 29.0 Å². The van der Waals surface area contributed by atoms with E-state index in [0.717, 1.165) is 33.5 Å². The molecule has 3 heterocycles. The Morgan fingerprint density at radius 2 is 2.18 bits per heavy atom. The lowest BCUT2D eigenvalue weighted by molar-refractivity contribution is 0.0701. The van der Waals surface area contributed by atoms with E-state index in [4.69, 9.17) is 4.42 Å². The molecule has 8 heteroatoms. The van der Waals surface area contributed by atoms with E-state index in [1.54, 1.807) is 20.1 Å². The van der Waals surface area contributed by atoms with Crippen molar-refractivity contribution in [3.05, 3.63) is 58.4 Å². The number of carboxylic acids is 1. The highest BCUT2D eigenvalue weighted by molar-refractivity contribution is 7.17. The van der Waals surface area contributed by atoms with Gasteiger partial charge in [0.25, 0.3) is 0 Å². The summed E-state index contributed by atoms with van der Waals surface area (Å²) in [5.74, 6) is -0.344. The van der Waals surface area contributed by atoms with Crippen molar-refractivity contribution in [3.63, 3.8) is 0 Å². The smallest absolute Gasteiger partial charge is 0.347 e. The maximum atomic E-state index is 11.3. The molecule has 140 valence electrons. The molecule has 4 aromatic rings. The zero-order chi connectivity index (χ0) is 19.8. The van der Waals surface area contributed by atoms with Crippen LogP contribution in [0.2, 0.25) is 0 Å². The third-order valence-corrected chi connectivity index (χ3v) is 5.71. The quantitative estimate of drug-likeness (QED) is 0.546. The van der Waals surface area contributed by atoms with Gasteiger partial charge in [0.2, 0.25) is 0 Å². The molecule has 0 spiro atoms. The SMILES string of the molecule is Cc1nc(CCn2cc(C#N)c3cc(-c4nc(C)c(C(=O)O)s4)ccc32)co1. The van der Waals surface area contributed by atoms with Gasteiger partial charge < -0.3 is 14.1 Å². The second-order valence-corrected chi connectivity index (χ2v) is 7.43. The van der Waals surface area contributed by atoms with E-state index in [2.05, 4.69) is 16.0 Å². The van der Waals surface area contributed by atoms with Crippen LogP contribution >= 0.6 is 11.3 Å². The standard InChI is InChI=1S/C20H16N4O3S/c1-11-18(20(25)26)28-19(22-11)13-3-4-17-16(7-13)14(8-21)9-24(17)6-5-15-10-27-12(2)23-15/h3-4,7,9-10H,5-6H2,1-2H3,(H,25,26). The van der Waals surface area contributed by atoms with Crippen molar-refractivity contribution in [1.82, 2.24) is 14.5 Å². The first-order valence-corrected chi connectivity index (χ1v) is 9.43. The number of aromatic nitrogens is 3.